The molecule has 0 fully saturated rings. The van der Waals surface area contributed by atoms with Crippen molar-refractivity contribution in [1.82, 2.24) is 0 Å². The third kappa shape index (κ3) is 2.37. The van der Waals surface area contributed by atoms with Gasteiger partial charge in [0.25, 0.3) is 0 Å². The van der Waals surface area contributed by atoms with Crippen LogP contribution in [0.5, 0.6) is 0 Å². The van der Waals surface area contributed by atoms with E-state index in [1.54, 1.807) is 0 Å². The molecule has 1 aliphatic rings. The minimum absolute atomic E-state index is 0.181. The second kappa shape index (κ2) is 3.41. The lowest BCUT2D eigenvalue weighted by Gasteiger charge is -2.26. The van der Waals surface area contributed by atoms with Gasteiger partial charge in [-0.3, -0.25) is 0 Å². The summed E-state index contributed by atoms with van der Waals surface area (Å²) in [7, 11) is 0. The zero-order chi connectivity index (χ0) is 11.0. The van der Waals surface area contributed by atoms with Crippen molar-refractivity contribution >= 4 is 5.97 Å². The molecule has 0 aromatic heterocycles. The molecule has 0 heterocycles. The highest BCUT2D eigenvalue weighted by Gasteiger charge is 2.33. The first-order valence-corrected chi connectivity index (χ1v) is 5.19. The second-order valence-corrected chi connectivity index (χ2v) is 5.68. The van der Waals surface area contributed by atoms with Crippen molar-refractivity contribution in [2.24, 2.45) is 10.8 Å². The zero-order valence-corrected chi connectivity index (χ0v) is 9.55. The van der Waals surface area contributed by atoms with Crippen LogP contribution in [0.25, 0.3) is 0 Å². The fourth-order valence-electron chi connectivity index (χ4n) is 1.92. The van der Waals surface area contributed by atoms with Gasteiger partial charge in [-0.1, -0.05) is 33.8 Å². The van der Waals surface area contributed by atoms with Crippen LogP contribution < -0.4 is 0 Å². The summed E-state index contributed by atoms with van der Waals surface area (Å²) in [6.45, 7) is 8.44. The van der Waals surface area contributed by atoms with Crippen LogP contribution in [-0.4, -0.2) is 11.1 Å². The average Bonchev–Trinajstić information content (AvgIpc) is 2.09. The Labute approximate surface area is 86.0 Å². The van der Waals surface area contributed by atoms with Gasteiger partial charge < -0.3 is 5.11 Å². The number of aliphatic carboxylic acids is 1. The first-order valence-electron chi connectivity index (χ1n) is 5.19. The molecule has 2 heteroatoms. The Bertz CT molecular complexity index is 272. The summed E-state index contributed by atoms with van der Waals surface area (Å²) in [5.41, 5.74) is 0.650. The molecular weight excluding hydrogens is 176 g/mol. The number of carboxylic acid groups (broad SMARTS) is 1. The monoisotopic (exact) mass is 196 g/mol. The highest BCUT2D eigenvalue weighted by atomic mass is 16.4. The lowest BCUT2D eigenvalue weighted by molar-refractivity contribution is -0.133. The third-order valence-corrected chi connectivity index (χ3v) is 3.25. The highest BCUT2D eigenvalue weighted by Crippen LogP contribution is 2.42. The van der Waals surface area contributed by atoms with Gasteiger partial charge in [-0.05, 0) is 30.1 Å². The van der Waals surface area contributed by atoms with Crippen molar-refractivity contribution in [3.8, 4) is 0 Å². The smallest absolute Gasteiger partial charge is 0.331 e. The molecular formula is C12H20O2. The first-order chi connectivity index (χ1) is 6.25. The molecule has 0 amide bonds. The minimum atomic E-state index is -0.757. The number of allylic oxidation sites excluding steroid dienone is 1. The van der Waals surface area contributed by atoms with Gasteiger partial charge in [0.15, 0.2) is 0 Å². The normalized spacial score (nSPS) is 25.0. The number of hydrogen-bond acceptors (Lipinski definition) is 1. The molecule has 1 N–H and O–H groups in total. The van der Waals surface area contributed by atoms with E-state index in [-0.39, 0.29) is 10.8 Å². The van der Waals surface area contributed by atoms with Crippen molar-refractivity contribution in [3.05, 3.63) is 11.6 Å². The molecule has 0 atom stereocenters. The molecule has 0 aromatic carbocycles. The van der Waals surface area contributed by atoms with Gasteiger partial charge >= 0.3 is 5.97 Å². The van der Waals surface area contributed by atoms with Gasteiger partial charge in [-0.25, -0.2) is 4.79 Å². The Kier molecular flexibility index (Phi) is 2.75. The summed E-state index contributed by atoms with van der Waals surface area (Å²) < 4.78 is 0. The predicted octanol–water partition coefficient (Wildman–Crippen LogP) is 3.23. The number of rotatable bonds is 1. The molecule has 0 unspecified atom stereocenters. The van der Waals surface area contributed by atoms with Crippen molar-refractivity contribution in [1.29, 1.82) is 0 Å². The van der Waals surface area contributed by atoms with Crippen LogP contribution in [0.4, 0.5) is 0 Å². The maximum atomic E-state index is 11.1. The molecule has 0 spiro atoms. The van der Waals surface area contributed by atoms with E-state index < -0.39 is 5.97 Å². The maximum absolute atomic E-state index is 11.1. The van der Waals surface area contributed by atoms with Crippen LogP contribution in [0.1, 0.15) is 47.0 Å². The van der Waals surface area contributed by atoms with E-state index in [1.165, 1.54) is 0 Å². The molecule has 0 aliphatic heterocycles. The van der Waals surface area contributed by atoms with E-state index in [0.717, 1.165) is 19.3 Å². The molecule has 0 saturated carbocycles. The Balaban J connectivity index is 2.99. The fourth-order valence-corrected chi connectivity index (χ4v) is 1.92. The quantitative estimate of drug-likeness (QED) is 0.699. The number of hydrogen-bond donors (Lipinski definition) is 1. The lowest BCUT2D eigenvalue weighted by Crippen LogP contribution is -2.20. The largest absolute Gasteiger partial charge is 0.478 e. The molecule has 0 radical (unpaired) electrons. The molecule has 0 aromatic rings. The van der Waals surface area contributed by atoms with Gasteiger partial charge in [0.2, 0.25) is 0 Å². The van der Waals surface area contributed by atoms with Crippen molar-refractivity contribution < 1.29 is 9.90 Å². The summed E-state index contributed by atoms with van der Waals surface area (Å²) >= 11 is 0. The van der Waals surface area contributed by atoms with Crippen LogP contribution >= 0.6 is 0 Å². The maximum Gasteiger partial charge on any atom is 0.331 e. The molecule has 2 nitrogen and oxygen atoms in total. The summed E-state index contributed by atoms with van der Waals surface area (Å²) in [5, 5.41) is 9.10. The van der Waals surface area contributed by atoms with E-state index >= 15 is 0 Å². The third-order valence-electron chi connectivity index (χ3n) is 3.25. The van der Waals surface area contributed by atoms with E-state index in [0.29, 0.717) is 5.57 Å². The molecule has 80 valence electrons. The van der Waals surface area contributed by atoms with E-state index in [1.807, 2.05) is 19.9 Å². The average molecular weight is 196 g/mol. The number of carboxylic acids is 1. The molecule has 0 bridgehead atoms. The molecule has 1 rings (SSSR count). The van der Waals surface area contributed by atoms with Crippen LogP contribution in [-0.2, 0) is 4.79 Å². The van der Waals surface area contributed by atoms with Crippen molar-refractivity contribution in [3.63, 3.8) is 0 Å². The van der Waals surface area contributed by atoms with Crippen molar-refractivity contribution in [2.75, 3.05) is 0 Å². The molecule has 14 heavy (non-hydrogen) atoms. The van der Waals surface area contributed by atoms with Crippen LogP contribution in [0.3, 0.4) is 0 Å². The van der Waals surface area contributed by atoms with E-state index in [9.17, 15) is 4.79 Å². The van der Waals surface area contributed by atoms with Gasteiger partial charge in [-0.2, -0.15) is 0 Å². The Morgan fingerprint density at radius 2 is 1.86 bits per heavy atom. The summed E-state index contributed by atoms with van der Waals surface area (Å²) in [5.74, 6) is -0.757. The second-order valence-electron chi connectivity index (χ2n) is 5.68. The Morgan fingerprint density at radius 1 is 1.29 bits per heavy atom. The van der Waals surface area contributed by atoms with E-state index in [2.05, 4.69) is 13.8 Å². The first kappa shape index (κ1) is 11.3. The molecule has 0 saturated heterocycles. The van der Waals surface area contributed by atoms with Gasteiger partial charge in [0.05, 0.1) is 0 Å². The van der Waals surface area contributed by atoms with Crippen LogP contribution in [0.2, 0.25) is 0 Å². The minimum Gasteiger partial charge on any atom is -0.478 e. The number of carbonyl (C=O) groups is 1. The predicted molar refractivity (Wildman–Crippen MR) is 57.1 cm³/mol. The standard InChI is InChI=1S/C12H20O2/c1-11(2)6-5-9(10(13)14)12(3,4)8-7-11/h5H,6-8H2,1-4H3,(H,13,14). The van der Waals surface area contributed by atoms with Gasteiger partial charge in [0.1, 0.15) is 0 Å². The fraction of sp³-hybridized carbons (Fsp3) is 0.750. The summed E-state index contributed by atoms with van der Waals surface area (Å²) in [4.78, 5) is 11.1. The highest BCUT2D eigenvalue weighted by molar-refractivity contribution is 5.88. The van der Waals surface area contributed by atoms with Gasteiger partial charge in [0, 0.05) is 5.57 Å². The van der Waals surface area contributed by atoms with Gasteiger partial charge in [-0.15, -0.1) is 0 Å². The summed E-state index contributed by atoms with van der Waals surface area (Å²) in [6, 6.07) is 0. The molecule has 1 aliphatic carbocycles. The van der Waals surface area contributed by atoms with Crippen LogP contribution in [0.15, 0.2) is 11.6 Å². The Hall–Kier alpha value is -0.790. The topological polar surface area (TPSA) is 37.3 Å². The lowest BCUT2D eigenvalue weighted by atomic mass is 9.78. The summed E-state index contributed by atoms with van der Waals surface area (Å²) in [6.07, 6.45) is 4.83. The van der Waals surface area contributed by atoms with E-state index in [4.69, 9.17) is 5.11 Å². The SMILES string of the molecule is CC1(C)CC=C(C(=O)O)C(C)(C)CC1. The Morgan fingerprint density at radius 3 is 2.36 bits per heavy atom. The van der Waals surface area contributed by atoms with Crippen molar-refractivity contribution in [2.45, 2.75) is 47.0 Å². The zero-order valence-electron chi connectivity index (χ0n) is 9.55. The van der Waals surface area contributed by atoms with Crippen LogP contribution in [0, 0.1) is 10.8 Å².